The van der Waals surface area contributed by atoms with E-state index in [0.29, 0.717) is 18.6 Å². The van der Waals surface area contributed by atoms with E-state index in [9.17, 15) is 14.4 Å². The first-order valence-electron chi connectivity index (χ1n) is 6.21. The Hall–Kier alpha value is -1.27. The van der Waals surface area contributed by atoms with E-state index < -0.39 is 5.97 Å². The minimum Gasteiger partial charge on any atom is -0.481 e. The number of benzene rings is 1. The van der Waals surface area contributed by atoms with Crippen LogP contribution in [0.2, 0.25) is 0 Å². The molecule has 1 N–H and O–H groups in total. The Morgan fingerprint density at radius 2 is 1.65 bits per heavy atom. The second-order valence-electron chi connectivity index (χ2n) is 4.00. The van der Waals surface area contributed by atoms with E-state index in [1.54, 1.807) is 0 Å². The van der Waals surface area contributed by atoms with Gasteiger partial charge in [0.05, 0.1) is 0 Å². The Labute approximate surface area is 126 Å². The van der Waals surface area contributed by atoms with Gasteiger partial charge in [0.2, 0.25) is 0 Å². The van der Waals surface area contributed by atoms with E-state index in [2.05, 4.69) is 0 Å². The molecular formula is C14H16O4S2. The summed E-state index contributed by atoms with van der Waals surface area (Å²) in [5.41, 5.74) is 0. The molecule has 0 unspecified atom stereocenters. The topological polar surface area (TPSA) is 71.4 Å². The molecule has 0 aliphatic rings. The molecule has 0 aliphatic carbocycles. The Bertz CT molecular complexity index is 460. The maximum absolute atomic E-state index is 11.7. The summed E-state index contributed by atoms with van der Waals surface area (Å²) in [4.78, 5) is 34.3. The predicted octanol–water partition coefficient (Wildman–Crippen LogP) is 3.21. The monoisotopic (exact) mass is 312 g/mol. The van der Waals surface area contributed by atoms with Gasteiger partial charge in [-0.15, -0.1) is 0 Å². The lowest BCUT2D eigenvalue weighted by Gasteiger charge is -2.01. The molecule has 6 heteroatoms. The second kappa shape index (κ2) is 9.61. The van der Waals surface area contributed by atoms with Crippen LogP contribution in [0.4, 0.5) is 0 Å². The summed E-state index contributed by atoms with van der Waals surface area (Å²) < 4.78 is 0. The minimum absolute atomic E-state index is 0.00902. The molecule has 0 heterocycles. The van der Waals surface area contributed by atoms with E-state index in [1.165, 1.54) is 11.8 Å². The SMILES string of the molecule is O=C(O)CCCC(=O)SCCC(=O)Sc1ccccc1. The third-order valence-corrected chi connectivity index (χ3v) is 4.19. The van der Waals surface area contributed by atoms with Gasteiger partial charge in [0.25, 0.3) is 0 Å². The van der Waals surface area contributed by atoms with Crippen LogP contribution in [0.1, 0.15) is 25.7 Å². The zero-order chi connectivity index (χ0) is 14.8. The van der Waals surface area contributed by atoms with Gasteiger partial charge in [0, 0.05) is 29.9 Å². The molecule has 0 aromatic heterocycles. The highest BCUT2D eigenvalue weighted by Crippen LogP contribution is 2.21. The molecule has 0 amide bonds. The first-order chi connectivity index (χ1) is 9.58. The highest BCUT2D eigenvalue weighted by molar-refractivity contribution is 8.14. The number of aliphatic carboxylic acids is 1. The number of hydrogen-bond acceptors (Lipinski definition) is 5. The largest absolute Gasteiger partial charge is 0.481 e. The molecule has 0 aliphatic heterocycles. The number of carboxylic acid groups (broad SMARTS) is 1. The maximum Gasteiger partial charge on any atom is 0.303 e. The third-order valence-electron chi connectivity index (χ3n) is 2.32. The predicted molar refractivity (Wildman–Crippen MR) is 80.9 cm³/mol. The molecule has 0 bridgehead atoms. The molecule has 0 atom stereocenters. The Morgan fingerprint density at radius 1 is 0.950 bits per heavy atom. The van der Waals surface area contributed by atoms with E-state index >= 15 is 0 Å². The van der Waals surface area contributed by atoms with Crippen LogP contribution in [0.25, 0.3) is 0 Å². The Kier molecular flexibility index (Phi) is 8.06. The summed E-state index contributed by atoms with van der Waals surface area (Å²) in [5.74, 6) is -0.442. The summed E-state index contributed by atoms with van der Waals surface area (Å²) in [7, 11) is 0. The van der Waals surface area contributed by atoms with Crippen molar-refractivity contribution in [2.75, 3.05) is 5.75 Å². The minimum atomic E-state index is -0.891. The van der Waals surface area contributed by atoms with Crippen LogP contribution in [0, 0.1) is 0 Å². The highest BCUT2D eigenvalue weighted by atomic mass is 32.2. The van der Waals surface area contributed by atoms with Gasteiger partial charge in [-0.1, -0.05) is 41.7 Å². The van der Waals surface area contributed by atoms with E-state index in [0.717, 1.165) is 16.7 Å². The molecule has 0 saturated heterocycles. The van der Waals surface area contributed by atoms with Crippen molar-refractivity contribution in [2.45, 2.75) is 30.6 Å². The summed E-state index contributed by atoms with van der Waals surface area (Å²) >= 11 is 2.28. The van der Waals surface area contributed by atoms with Gasteiger partial charge >= 0.3 is 5.97 Å². The average molecular weight is 312 g/mol. The molecule has 1 aromatic rings. The maximum atomic E-state index is 11.7. The summed E-state index contributed by atoms with van der Waals surface area (Å²) in [5, 5.41) is 8.43. The quantitative estimate of drug-likeness (QED) is 0.743. The molecule has 0 radical (unpaired) electrons. The number of thioether (sulfide) groups is 2. The fourth-order valence-electron chi connectivity index (χ4n) is 1.38. The number of rotatable bonds is 8. The van der Waals surface area contributed by atoms with Gasteiger partial charge in [0.1, 0.15) is 0 Å². The van der Waals surface area contributed by atoms with Crippen molar-refractivity contribution in [2.24, 2.45) is 0 Å². The number of carbonyl (C=O) groups excluding carboxylic acids is 2. The lowest BCUT2D eigenvalue weighted by Crippen LogP contribution is -2.00. The molecule has 20 heavy (non-hydrogen) atoms. The van der Waals surface area contributed by atoms with Crippen LogP contribution in [-0.4, -0.2) is 27.1 Å². The van der Waals surface area contributed by atoms with Gasteiger partial charge < -0.3 is 5.11 Å². The van der Waals surface area contributed by atoms with Crippen molar-refractivity contribution in [3.63, 3.8) is 0 Å². The summed E-state index contributed by atoms with van der Waals surface area (Å²) in [6.07, 6.45) is 0.939. The fraction of sp³-hybridized carbons (Fsp3) is 0.357. The van der Waals surface area contributed by atoms with Crippen LogP contribution >= 0.6 is 23.5 Å². The molecule has 0 fully saturated rings. The van der Waals surface area contributed by atoms with Gasteiger partial charge in [-0.05, 0) is 18.6 Å². The standard InChI is InChI=1S/C14H16O4S2/c15-12(16)7-4-8-13(17)19-10-9-14(18)20-11-5-2-1-3-6-11/h1-3,5-6H,4,7-10H2,(H,15,16). The van der Waals surface area contributed by atoms with Crippen LogP contribution in [0.5, 0.6) is 0 Å². The molecule has 0 spiro atoms. The van der Waals surface area contributed by atoms with Crippen molar-refractivity contribution >= 4 is 39.7 Å². The zero-order valence-electron chi connectivity index (χ0n) is 10.9. The number of carbonyl (C=O) groups is 3. The van der Waals surface area contributed by atoms with Crippen LogP contribution < -0.4 is 0 Å². The zero-order valence-corrected chi connectivity index (χ0v) is 12.5. The molecular weight excluding hydrogens is 296 g/mol. The molecule has 108 valence electrons. The van der Waals surface area contributed by atoms with Crippen LogP contribution in [0.3, 0.4) is 0 Å². The number of hydrogen-bond donors (Lipinski definition) is 1. The van der Waals surface area contributed by atoms with E-state index in [1.807, 2.05) is 30.3 Å². The smallest absolute Gasteiger partial charge is 0.303 e. The van der Waals surface area contributed by atoms with Gasteiger partial charge in [0.15, 0.2) is 10.2 Å². The highest BCUT2D eigenvalue weighted by Gasteiger charge is 2.08. The second-order valence-corrected chi connectivity index (χ2v) is 6.29. The first-order valence-corrected chi connectivity index (χ1v) is 8.01. The normalized spacial score (nSPS) is 10.2. The van der Waals surface area contributed by atoms with E-state index in [4.69, 9.17) is 5.11 Å². The summed E-state index contributed by atoms with van der Waals surface area (Å²) in [6.45, 7) is 0. The van der Waals surface area contributed by atoms with Gasteiger partial charge in [-0.2, -0.15) is 0 Å². The van der Waals surface area contributed by atoms with Crippen molar-refractivity contribution in [3.8, 4) is 0 Å². The third kappa shape index (κ3) is 8.01. The lowest BCUT2D eigenvalue weighted by molar-refractivity contribution is -0.137. The Morgan fingerprint density at radius 3 is 2.30 bits per heavy atom. The molecule has 4 nitrogen and oxygen atoms in total. The lowest BCUT2D eigenvalue weighted by atomic mass is 10.2. The van der Waals surface area contributed by atoms with Crippen LogP contribution in [0.15, 0.2) is 35.2 Å². The van der Waals surface area contributed by atoms with Crippen molar-refractivity contribution in [1.29, 1.82) is 0 Å². The van der Waals surface area contributed by atoms with Crippen molar-refractivity contribution < 1.29 is 19.5 Å². The van der Waals surface area contributed by atoms with E-state index in [-0.39, 0.29) is 23.1 Å². The first kappa shape index (κ1) is 16.8. The van der Waals surface area contributed by atoms with Crippen LogP contribution in [-0.2, 0) is 14.4 Å². The molecule has 1 rings (SSSR count). The molecule has 1 aromatic carbocycles. The Balaban J connectivity index is 2.12. The van der Waals surface area contributed by atoms with Crippen molar-refractivity contribution in [1.82, 2.24) is 0 Å². The molecule has 0 saturated carbocycles. The van der Waals surface area contributed by atoms with Gasteiger partial charge in [-0.25, -0.2) is 0 Å². The van der Waals surface area contributed by atoms with Crippen molar-refractivity contribution in [3.05, 3.63) is 30.3 Å². The van der Waals surface area contributed by atoms with Gasteiger partial charge in [-0.3, -0.25) is 14.4 Å². The number of carboxylic acids is 1. The average Bonchev–Trinajstić information content (AvgIpc) is 2.39. The summed E-state index contributed by atoms with van der Waals surface area (Å²) in [6, 6.07) is 9.37. The fourth-order valence-corrected chi connectivity index (χ4v) is 3.07.